The molecule has 0 atom stereocenters. The molecule has 0 aliphatic heterocycles. The van der Waals surface area contributed by atoms with E-state index in [9.17, 15) is 9.59 Å². The highest BCUT2D eigenvalue weighted by Gasteiger charge is 2.15. The fourth-order valence-electron chi connectivity index (χ4n) is 1.98. The summed E-state index contributed by atoms with van der Waals surface area (Å²) >= 11 is 11.7. The first-order valence-corrected chi connectivity index (χ1v) is 7.20. The highest BCUT2D eigenvalue weighted by atomic mass is 35.5. The van der Waals surface area contributed by atoms with Gasteiger partial charge in [0.1, 0.15) is 0 Å². The van der Waals surface area contributed by atoms with Crippen molar-refractivity contribution in [2.24, 2.45) is 0 Å². The number of carboxylic acid groups (broad SMARTS) is 1. The summed E-state index contributed by atoms with van der Waals surface area (Å²) in [5.74, 6) is -1.55. The molecule has 2 rings (SSSR count). The Morgan fingerprint density at radius 3 is 2.27 bits per heavy atom. The fraction of sp³-hybridized carbons (Fsp3) is 0.0588. The van der Waals surface area contributed by atoms with Crippen LogP contribution in [0.3, 0.4) is 0 Å². The Balaban J connectivity index is 2.35. The SMILES string of the molecule is O=C(O)C=C(Cc1ccccc1)C(=O)c1ccc(Cl)c(Cl)c1. The first kappa shape index (κ1) is 16.3. The number of rotatable bonds is 5. The van der Waals surface area contributed by atoms with Crippen LogP contribution in [0.5, 0.6) is 0 Å². The van der Waals surface area contributed by atoms with Crippen LogP contribution in [-0.4, -0.2) is 16.9 Å². The summed E-state index contributed by atoms with van der Waals surface area (Å²) in [5, 5.41) is 9.57. The third kappa shape index (κ3) is 4.20. The Bertz CT molecular complexity index is 737. The van der Waals surface area contributed by atoms with Crippen molar-refractivity contribution in [3.05, 3.63) is 81.4 Å². The van der Waals surface area contributed by atoms with Crippen LogP contribution in [0.2, 0.25) is 10.0 Å². The van der Waals surface area contributed by atoms with Crippen molar-refractivity contribution >= 4 is 35.0 Å². The van der Waals surface area contributed by atoms with Crippen molar-refractivity contribution in [3.8, 4) is 0 Å². The molecule has 0 bridgehead atoms. The van der Waals surface area contributed by atoms with Gasteiger partial charge < -0.3 is 5.11 Å². The van der Waals surface area contributed by atoms with Crippen LogP contribution in [0.4, 0.5) is 0 Å². The van der Waals surface area contributed by atoms with Crippen LogP contribution >= 0.6 is 23.2 Å². The maximum absolute atomic E-state index is 12.5. The molecule has 2 aromatic carbocycles. The van der Waals surface area contributed by atoms with Crippen molar-refractivity contribution in [2.45, 2.75) is 6.42 Å². The average Bonchev–Trinajstić information content (AvgIpc) is 2.49. The van der Waals surface area contributed by atoms with Gasteiger partial charge in [0.25, 0.3) is 0 Å². The molecule has 0 unspecified atom stereocenters. The van der Waals surface area contributed by atoms with E-state index in [0.717, 1.165) is 11.6 Å². The lowest BCUT2D eigenvalue weighted by Crippen LogP contribution is -2.09. The van der Waals surface area contributed by atoms with E-state index in [-0.39, 0.29) is 22.8 Å². The van der Waals surface area contributed by atoms with Crippen molar-refractivity contribution in [2.75, 3.05) is 0 Å². The van der Waals surface area contributed by atoms with Gasteiger partial charge in [0.2, 0.25) is 0 Å². The monoisotopic (exact) mass is 334 g/mol. The van der Waals surface area contributed by atoms with Gasteiger partial charge in [-0.15, -0.1) is 0 Å². The summed E-state index contributed by atoms with van der Waals surface area (Å²) in [6.45, 7) is 0. The number of ketones is 1. The molecule has 5 heteroatoms. The third-order valence-corrected chi connectivity index (χ3v) is 3.75. The van der Waals surface area contributed by atoms with Gasteiger partial charge in [-0.05, 0) is 23.8 Å². The molecule has 0 aliphatic carbocycles. The van der Waals surface area contributed by atoms with E-state index in [0.29, 0.717) is 10.6 Å². The average molecular weight is 335 g/mol. The maximum atomic E-state index is 12.5. The molecule has 0 spiro atoms. The Hall–Kier alpha value is -2.10. The topological polar surface area (TPSA) is 54.4 Å². The molecule has 0 fully saturated rings. The molecule has 3 nitrogen and oxygen atoms in total. The summed E-state index contributed by atoms with van der Waals surface area (Å²) in [5.41, 5.74) is 1.33. The molecule has 0 radical (unpaired) electrons. The Labute approximate surface area is 137 Å². The number of carbonyl (C=O) groups excluding carboxylic acids is 1. The number of aliphatic carboxylic acids is 1. The third-order valence-electron chi connectivity index (χ3n) is 3.01. The van der Waals surface area contributed by atoms with Gasteiger partial charge in [-0.25, -0.2) is 4.79 Å². The van der Waals surface area contributed by atoms with Gasteiger partial charge in [0, 0.05) is 23.6 Å². The second-order valence-corrected chi connectivity index (χ2v) is 5.44. The summed E-state index contributed by atoms with van der Waals surface area (Å²) in [4.78, 5) is 23.5. The highest BCUT2D eigenvalue weighted by molar-refractivity contribution is 6.42. The normalized spacial score (nSPS) is 11.3. The molecule has 1 N–H and O–H groups in total. The molecule has 0 saturated carbocycles. The lowest BCUT2D eigenvalue weighted by atomic mass is 9.96. The van der Waals surface area contributed by atoms with Gasteiger partial charge in [-0.1, -0.05) is 53.5 Å². The minimum Gasteiger partial charge on any atom is -0.478 e. The largest absolute Gasteiger partial charge is 0.478 e. The number of allylic oxidation sites excluding steroid dienone is 1. The van der Waals surface area contributed by atoms with E-state index in [1.54, 1.807) is 0 Å². The molecule has 0 aliphatic rings. The summed E-state index contributed by atoms with van der Waals surface area (Å²) in [7, 11) is 0. The van der Waals surface area contributed by atoms with E-state index < -0.39 is 5.97 Å². The van der Waals surface area contributed by atoms with Crippen LogP contribution in [0.15, 0.2) is 60.2 Å². The molecule has 2 aromatic rings. The summed E-state index contributed by atoms with van der Waals surface area (Å²) in [6, 6.07) is 13.7. The zero-order valence-electron chi connectivity index (χ0n) is 11.4. The van der Waals surface area contributed by atoms with E-state index in [2.05, 4.69) is 0 Å². The predicted molar refractivity (Wildman–Crippen MR) is 86.7 cm³/mol. The number of benzene rings is 2. The Kier molecular flexibility index (Phi) is 5.36. The lowest BCUT2D eigenvalue weighted by molar-refractivity contribution is -0.131. The van der Waals surface area contributed by atoms with Gasteiger partial charge in [-0.2, -0.15) is 0 Å². The smallest absolute Gasteiger partial charge is 0.328 e. The molecular formula is C17H12Cl2O3. The number of hydrogen-bond acceptors (Lipinski definition) is 2. The molecule has 0 amide bonds. The van der Waals surface area contributed by atoms with E-state index in [1.807, 2.05) is 30.3 Å². The lowest BCUT2D eigenvalue weighted by Gasteiger charge is -2.07. The zero-order chi connectivity index (χ0) is 16.1. The standard InChI is InChI=1S/C17H12Cl2O3/c18-14-7-6-12(9-15(14)19)17(22)13(10-16(20)21)8-11-4-2-1-3-5-11/h1-7,9-10H,8H2,(H,20,21). The second kappa shape index (κ2) is 7.25. The van der Waals surface area contributed by atoms with Gasteiger partial charge in [0.05, 0.1) is 10.0 Å². The van der Waals surface area contributed by atoms with Crippen LogP contribution in [0.25, 0.3) is 0 Å². The van der Waals surface area contributed by atoms with Gasteiger partial charge >= 0.3 is 5.97 Å². The first-order valence-electron chi connectivity index (χ1n) is 6.44. The van der Waals surface area contributed by atoms with Gasteiger partial charge in [0.15, 0.2) is 5.78 Å². The van der Waals surface area contributed by atoms with Crippen LogP contribution in [0.1, 0.15) is 15.9 Å². The van der Waals surface area contributed by atoms with Crippen molar-refractivity contribution < 1.29 is 14.7 Å². The molecule has 0 saturated heterocycles. The molecule has 22 heavy (non-hydrogen) atoms. The maximum Gasteiger partial charge on any atom is 0.328 e. The number of carbonyl (C=O) groups is 2. The van der Waals surface area contributed by atoms with Crippen molar-refractivity contribution in [1.29, 1.82) is 0 Å². The minimum atomic E-state index is -1.17. The molecular weight excluding hydrogens is 323 g/mol. The number of hydrogen-bond donors (Lipinski definition) is 1. The fourth-order valence-corrected chi connectivity index (χ4v) is 2.28. The summed E-state index contributed by atoms with van der Waals surface area (Å²) in [6.07, 6.45) is 1.16. The van der Waals surface area contributed by atoms with Crippen molar-refractivity contribution in [1.82, 2.24) is 0 Å². The van der Waals surface area contributed by atoms with E-state index in [4.69, 9.17) is 28.3 Å². The molecule has 112 valence electrons. The summed E-state index contributed by atoms with van der Waals surface area (Å²) < 4.78 is 0. The minimum absolute atomic E-state index is 0.178. The van der Waals surface area contributed by atoms with Gasteiger partial charge in [-0.3, -0.25) is 4.79 Å². The highest BCUT2D eigenvalue weighted by Crippen LogP contribution is 2.24. The number of carboxylic acids is 1. The van der Waals surface area contributed by atoms with Crippen LogP contribution in [0, 0.1) is 0 Å². The van der Waals surface area contributed by atoms with Crippen LogP contribution < -0.4 is 0 Å². The second-order valence-electron chi connectivity index (χ2n) is 4.63. The zero-order valence-corrected chi connectivity index (χ0v) is 12.9. The van der Waals surface area contributed by atoms with Crippen molar-refractivity contribution in [3.63, 3.8) is 0 Å². The van der Waals surface area contributed by atoms with Crippen LogP contribution in [-0.2, 0) is 11.2 Å². The quantitative estimate of drug-likeness (QED) is 0.650. The first-order chi connectivity index (χ1) is 10.5. The molecule has 0 heterocycles. The molecule has 0 aromatic heterocycles. The number of halogens is 2. The number of Topliss-reactive ketones (excluding diaryl/α,β-unsaturated/α-hetero) is 1. The van der Waals surface area contributed by atoms with E-state index >= 15 is 0 Å². The Morgan fingerprint density at radius 1 is 1.00 bits per heavy atom. The predicted octanol–water partition coefficient (Wildman–Crippen LogP) is 4.43. The Morgan fingerprint density at radius 2 is 1.68 bits per heavy atom. The van der Waals surface area contributed by atoms with E-state index in [1.165, 1.54) is 18.2 Å².